The van der Waals surface area contributed by atoms with Crippen LogP contribution in [-0.2, 0) is 27.8 Å². The molecule has 302 valence electrons. The number of thioether (sulfide) groups is 2. The van der Waals surface area contributed by atoms with E-state index >= 15 is 0 Å². The van der Waals surface area contributed by atoms with Crippen molar-refractivity contribution in [1.82, 2.24) is 0 Å². The highest BCUT2D eigenvalue weighted by Gasteiger charge is 2.23. The first-order valence-electron chi connectivity index (χ1n) is 19.5. The number of allylic oxidation sites excluding steroid dienone is 3. The van der Waals surface area contributed by atoms with Crippen molar-refractivity contribution in [2.45, 2.75) is 117 Å². The lowest BCUT2D eigenvalue weighted by Crippen LogP contribution is -2.16. The normalized spacial score (nSPS) is 12.7. The summed E-state index contributed by atoms with van der Waals surface area (Å²) in [5.74, 6) is 1.33. The van der Waals surface area contributed by atoms with Gasteiger partial charge in [0.15, 0.2) is 11.6 Å². The van der Waals surface area contributed by atoms with Crippen LogP contribution in [0.15, 0.2) is 68.4 Å². The van der Waals surface area contributed by atoms with Crippen molar-refractivity contribution in [2.24, 2.45) is 27.6 Å². The van der Waals surface area contributed by atoms with E-state index in [0.717, 1.165) is 44.1 Å². The third-order valence-corrected chi connectivity index (χ3v) is 11.6. The SMILES string of the molecule is C=NCCCC(=O)CC(=C/CC(C)(C)C)/C(SCCN)=C(\C)CC(=O)c1cccc(C(=O)Cc2cc(C(C)(C)C)cc(CC(=O)CCCN)c2SCCN)c1. The van der Waals surface area contributed by atoms with E-state index in [1.54, 1.807) is 47.8 Å². The Hall–Kier alpha value is -3.15. The van der Waals surface area contributed by atoms with Crippen LogP contribution in [0.1, 0.15) is 131 Å². The quantitative estimate of drug-likeness (QED) is 0.0294. The molecule has 2 aromatic carbocycles. The second kappa shape index (κ2) is 23.8. The molecule has 0 aliphatic carbocycles. The van der Waals surface area contributed by atoms with Crippen LogP contribution < -0.4 is 17.2 Å². The molecule has 0 aliphatic heterocycles. The second-order valence-electron chi connectivity index (χ2n) is 16.4. The summed E-state index contributed by atoms with van der Waals surface area (Å²) in [5, 5.41) is 0. The lowest BCUT2D eigenvalue weighted by molar-refractivity contribution is -0.119. The molecule has 0 amide bonds. The van der Waals surface area contributed by atoms with Gasteiger partial charge in [0, 0.05) is 90.6 Å². The summed E-state index contributed by atoms with van der Waals surface area (Å²) >= 11 is 3.16. The minimum Gasteiger partial charge on any atom is -0.330 e. The van der Waals surface area contributed by atoms with Gasteiger partial charge in [0.2, 0.25) is 0 Å². The summed E-state index contributed by atoms with van der Waals surface area (Å²) in [4.78, 5) is 59.8. The fourth-order valence-electron chi connectivity index (χ4n) is 5.98. The number of hydrogen-bond donors (Lipinski definition) is 3. The monoisotopic (exact) mass is 790 g/mol. The van der Waals surface area contributed by atoms with Crippen molar-refractivity contribution in [1.29, 1.82) is 0 Å². The molecule has 0 heterocycles. The Morgan fingerprint density at radius 3 is 1.98 bits per heavy atom. The van der Waals surface area contributed by atoms with E-state index in [2.05, 4.69) is 71.5 Å². The van der Waals surface area contributed by atoms with Crippen LogP contribution in [0.25, 0.3) is 0 Å². The number of Topliss-reactive ketones (excluding diaryl/α,β-unsaturated/α-hetero) is 4. The third-order valence-electron chi connectivity index (χ3n) is 8.97. The Labute approximate surface area is 339 Å². The van der Waals surface area contributed by atoms with Crippen LogP contribution in [0.3, 0.4) is 0 Å². The minimum absolute atomic E-state index is 0.0167. The van der Waals surface area contributed by atoms with E-state index in [1.165, 1.54) is 0 Å². The van der Waals surface area contributed by atoms with Crippen LogP contribution in [0.4, 0.5) is 0 Å². The van der Waals surface area contributed by atoms with Gasteiger partial charge in [0.05, 0.1) is 0 Å². The maximum atomic E-state index is 14.0. The fourth-order valence-corrected chi connectivity index (χ4v) is 7.91. The molecule has 0 atom stereocenters. The highest BCUT2D eigenvalue weighted by molar-refractivity contribution is 8.03. The molecule has 0 spiro atoms. The van der Waals surface area contributed by atoms with E-state index in [0.29, 0.717) is 74.5 Å². The topological polar surface area (TPSA) is 159 Å². The van der Waals surface area contributed by atoms with Crippen LogP contribution in [0.2, 0.25) is 0 Å². The second-order valence-corrected chi connectivity index (χ2v) is 18.6. The zero-order chi connectivity index (χ0) is 41.2. The van der Waals surface area contributed by atoms with Crippen LogP contribution in [0.5, 0.6) is 0 Å². The van der Waals surface area contributed by atoms with Crippen molar-refractivity contribution in [3.05, 3.63) is 86.3 Å². The highest BCUT2D eigenvalue weighted by atomic mass is 32.2. The van der Waals surface area contributed by atoms with Gasteiger partial charge in [-0.05, 0) is 78.6 Å². The standard InChI is InChI=1S/C45H66N4O4S2/c1-31(42(54-22-19-47)34(16-17-44(2,3)4)28-39(51)15-11-21-49-8)24-40(52)32-12-9-13-33(25-32)41(53)30-36-27-37(45(5,6)7)26-35(43(36)55-23-20-48)29-38(50)14-10-18-46/h9,12-13,16,25-27H,8,10-11,14-15,17-24,28-30,46-48H2,1-7H3/b34-16-,42-31-. The summed E-state index contributed by atoms with van der Waals surface area (Å²) in [5.41, 5.74) is 22.9. The van der Waals surface area contributed by atoms with Gasteiger partial charge in [-0.3, -0.25) is 19.2 Å². The van der Waals surface area contributed by atoms with Crippen molar-refractivity contribution in [2.75, 3.05) is 37.7 Å². The first kappa shape index (κ1) is 48.0. The maximum Gasteiger partial charge on any atom is 0.167 e. The number of hydrogen-bond acceptors (Lipinski definition) is 10. The molecule has 0 fully saturated rings. The molecule has 0 saturated carbocycles. The minimum atomic E-state index is -0.207. The van der Waals surface area contributed by atoms with Crippen molar-refractivity contribution < 1.29 is 19.2 Å². The highest BCUT2D eigenvalue weighted by Crippen LogP contribution is 2.36. The Morgan fingerprint density at radius 1 is 0.782 bits per heavy atom. The van der Waals surface area contributed by atoms with E-state index in [9.17, 15) is 19.2 Å². The van der Waals surface area contributed by atoms with Gasteiger partial charge < -0.3 is 22.2 Å². The average molecular weight is 791 g/mol. The molecule has 0 bridgehead atoms. The zero-order valence-electron chi connectivity index (χ0n) is 34.5. The number of benzene rings is 2. The molecule has 2 rings (SSSR count). The van der Waals surface area contributed by atoms with Gasteiger partial charge in [-0.1, -0.05) is 83.5 Å². The number of nitrogens with two attached hydrogens (primary N) is 3. The van der Waals surface area contributed by atoms with E-state index in [4.69, 9.17) is 17.2 Å². The molecule has 10 heteroatoms. The first-order valence-corrected chi connectivity index (χ1v) is 21.4. The molecular formula is C45H66N4O4S2. The fraction of sp³-hybridized carbons (Fsp3) is 0.533. The number of aliphatic imine (C=N–C) groups is 1. The largest absolute Gasteiger partial charge is 0.330 e. The van der Waals surface area contributed by atoms with E-state index < -0.39 is 0 Å². The van der Waals surface area contributed by atoms with Gasteiger partial charge in [0.1, 0.15) is 11.6 Å². The number of nitrogens with zero attached hydrogens (tertiary/aromatic N) is 1. The van der Waals surface area contributed by atoms with Crippen molar-refractivity contribution >= 4 is 53.4 Å². The third kappa shape index (κ3) is 17.3. The lowest BCUT2D eigenvalue weighted by atomic mass is 9.83. The summed E-state index contributed by atoms with van der Waals surface area (Å²) in [7, 11) is 0. The van der Waals surface area contributed by atoms with Gasteiger partial charge in [0.25, 0.3) is 0 Å². The molecule has 2 aromatic rings. The van der Waals surface area contributed by atoms with Gasteiger partial charge >= 0.3 is 0 Å². The molecule has 0 radical (unpaired) electrons. The number of rotatable bonds is 25. The van der Waals surface area contributed by atoms with Crippen molar-refractivity contribution in [3.63, 3.8) is 0 Å². The Balaban J connectivity index is 2.51. The number of carbonyl (C=O) groups is 4. The molecule has 0 aromatic heterocycles. The number of ketones is 4. The molecule has 55 heavy (non-hydrogen) atoms. The lowest BCUT2D eigenvalue weighted by Gasteiger charge is -2.24. The Morgan fingerprint density at radius 2 is 1.40 bits per heavy atom. The van der Waals surface area contributed by atoms with Gasteiger partial charge in [-0.15, -0.1) is 23.5 Å². The first-order chi connectivity index (χ1) is 25.9. The molecule has 6 N–H and O–H groups in total. The molecule has 0 unspecified atom stereocenters. The smallest absolute Gasteiger partial charge is 0.167 e. The summed E-state index contributed by atoms with van der Waals surface area (Å²) in [6.45, 7) is 20.2. The summed E-state index contributed by atoms with van der Waals surface area (Å²) < 4.78 is 0. The predicted octanol–water partition coefficient (Wildman–Crippen LogP) is 8.65. The van der Waals surface area contributed by atoms with E-state index in [1.807, 2.05) is 6.92 Å². The molecule has 0 aliphatic rings. The Bertz CT molecular complexity index is 1700. The van der Waals surface area contributed by atoms with Crippen LogP contribution in [0, 0.1) is 5.41 Å². The molecular weight excluding hydrogens is 725 g/mol. The number of carbonyl (C=O) groups excluding carboxylic acids is 4. The summed E-state index contributed by atoms with van der Waals surface area (Å²) in [6, 6.07) is 11.1. The van der Waals surface area contributed by atoms with Crippen LogP contribution in [-0.4, -0.2) is 67.5 Å². The Kier molecular flexibility index (Phi) is 20.8. The van der Waals surface area contributed by atoms with Gasteiger partial charge in [-0.25, -0.2) is 0 Å². The van der Waals surface area contributed by atoms with E-state index in [-0.39, 0.29) is 59.6 Å². The molecule has 8 nitrogen and oxygen atoms in total. The predicted molar refractivity (Wildman–Crippen MR) is 235 cm³/mol. The van der Waals surface area contributed by atoms with Crippen LogP contribution >= 0.6 is 23.5 Å². The molecule has 0 saturated heterocycles. The maximum absolute atomic E-state index is 14.0. The van der Waals surface area contributed by atoms with Crippen molar-refractivity contribution in [3.8, 4) is 0 Å². The average Bonchev–Trinajstić information content (AvgIpc) is 3.11. The zero-order valence-corrected chi connectivity index (χ0v) is 36.1. The summed E-state index contributed by atoms with van der Waals surface area (Å²) in [6.07, 6.45) is 5.85. The van der Waals surface area contributed by atoms with Gasteiger partial charge in [-0.2, -0.15) is 0 Å².